The molecule has 2 aromatic carbocycles. The van der Waals surface area contributed by atoms with Gasteiger partial charge < -0.3 is 17.5 Å². The van der Waals surface area contributed by atoms with E-state index in [4.69, 9.17) is 12.3 Å². The summed E-state index contributed by atoms with van der Waals surface area (Å²) in [5.74, 6) is 0.230. The zero-order valence-electron chi connectivity index (χ0n) is 23.6. The maximum absolute atomic E-state index is 11.2. The topological polar surface area (TPSA) is 78.6 Å². The Morgan fingerprint density at radius 2 is 1.36 bits per heavy atom. The molecule has 0 radical (unpaired) electrons. The number of aromatic nitrogens is 3. The van der Waals surface area contributed by atoms with E-state index in [9.17, 15) is 5.11 Å². The van der Waals surface area contributed by atoms with Crippen LogP contribution < -0.4 is 0 Å². The van der Waals surface area contributed by atoms with E-state index in [1.165, 1.54) is 4.80 Å². The lowest BCUT2D eigenvalue weighted by atomic mass is 10.0. The number of phenolic OH excluding ortho intramolecular Hbond substituents is 1. The van der Waals surface area contributed by atoms with Crippen molar-refractivity contribution in [1.29, 1.82) is 0 Å². The van der Waals surface area contributed by atoms with Crippen LogP contribution in [-0.4, -0.2) is 53.9 Å². The first kappa shape index (κ1) is 29.0. The van der Waals surface area contributed by atoms with Gasteiger partial charge in [0, 0.05) is 0 Å². The first-order valence-corrected chi connectivity index (χ1v) is 24.9. The van der Waals surface area contributed by atoms with E-state index >= 15 is 0 Å². The normalized spacial score (nSPS) is 14.8. The minimum absolute atomic E-state index is 0.230. The Bertz CT molecular complexity index is 1170. The highest BCUT2D eigenvalue weighted by atomic mass is 28.5. The Balaban J connectivity index is 1.80. The second kappa shape index (κ2) is 10.6. The fraction of sp³-hybridized carbons (Fsp3) is 0.520. The lowest BCUT2D eigenvalue weighted by Gasteiger charge is -2.41. The average molecular weight is 562 g/mol. The molecule has 1 unspecified atom stereocenters. The zero-order valence-corrected chi connectivity index (χ0v) is 27.6. The van der Waals surface area contributed by atoms with E-state index in [-0.39, 0.29) is 5.75 Å². The SMILES string of the molecule is Cc1cc(CCC[Si](C)(O[Si](C)(C)C)O[Si](C)(C)O[Si](C)(C)C)c(O)c(-n2nc3ccccc3n2)c1. The van der Waals surface area contributed by atoms with Crippen LogP contribution in [0.3, 0.4) is 0 Å². The number of nitrogens with zero attached hydrogens (tertiary/aromatic N) is 3. The number of rotatable bonds is 11. The van der Waals surface area contributed by atoms with Crippen molar-refractivity contribution in [3.63, 3.8) is 0 Å². The van der Waals surface area contributed by atoms with Gasteiger partial charge >= 0.3 is 17.1 Å². The predicted molar refractivity (Wildman–Crippen MR) is 157 cm³/mol. The summed E-state index contributed by atoms with van der Waals surface area (Å²) < 4.78 is 20.0. The summed E-state index contributed by atoms with van der Waals surface area (Å²) in [5.41, 5.74) is 4.16. The Hall–Kier alpha value is -1.61. The van der Waals surface area contributed by atoms with Crippen LogP contribution in [0.4, 0.5) is 0 Å². The molecule has 0 aliphatic rings. The summed E-state index contributed by atoms with van der Waals surface area (Å²) in [6.07, 6.45) is 1.58. The molecule has 0 saturated heterocycles. The van der Waals surface area contributed by atoms with E-state index < -0.39 is 33.8 Å². The number of aromatic hydroxyl groups is 1. The first-order valence-electron chi connectivity index (χ1n) is 12.7. The summed E-state index contributed by atoms with van der Waals surface area (Å²) >= 11 is 0. The van der Waals surface area contributed by atoms with E-state index in [0.29, 0.717) is 5.69 Å². The Morgan fingerprint density at radius 1 is 0.806 bits per heavy atom. The van der Waals surface area contributed by atoms with Crippen LogP contribution in [-0.2, 0) is 18.8 Å². The van der Waals surface area contributed by atoms with Gasteiger partial charge in [0.2, 0.25) is 0 Å². The standard InChI is InChI=1S/C25H43N3O4Si4/c1-20-18-21(25(29)24(19-20)28-26-22-15-11-12-16-23(22)27-28)14-13-17-36(10,31-34(5,6)7)32-35(8,9)30-33(2,3)4/h11-12,15-16,18-19,29H,13-14,17H2,1-10H3. The van der Waals surface area contributed by atoms with Crippen LogP contribution in [0.2, 0.25) is 65.0 Å². The Morgan fingerprint density at radius 3 is 1.89 bits per heavy atom. The number of hydrogen-bond donors (Lipinski definition) is 1. The molecule has 1 aromatic heterocycles. The highest BCUT2D eigenvalue weighted by molar-refractivity contribution is 6.89. The first-order chi connectivity index (χ1) is 16.5. The third kappa shape index (κ3) is 8.20. The molecule has 0 amide bonds. The molecule has 198 valence electrons. The molecule has 11 heteroatoms. The monoisotopic (exact) mass is 561 g/mol. The fourth-order valence-electron chi connectivity index (χ4n) is 4.79. The van der Waals surface area contributed by atoms with Crippen LogP contribution in [0.25, 0.3) is 16.7 Å². The lowest BCUT2D eigenvalue weighted by Crippen LogP contribution is -2.56. The van der Waals surface area contributed by atoms with Gasteiger partial charge in [-0.2, -0.15) is 0 Å². The average Bonchev–Trinajstić information content (AvgIpc) is 3.10. The van der Waals surface area contributed by atoms with Gasteiger partial charge in [0.1, 0.15) is 22.5 Å². The van der Waals surface area contributed by atoms with Gasteiger partial charge in [-0.1, -0.05) is 18.2 Å². The van der Waals surface area contributed by atoms with Crippen molar-refractivity contribution >= 4 is 44.8 Å². The van der Waals surface area contributed by atoms with Crippen LogP contribution in [0.5, 0.6) is 5.75 Å². The molecule has 7 nitrogen and oxygen atoms in total. The molecule has 1 atom stereocenters. The van der Waals surface area contributed by atoms with Gasteiger partial charge in [0.15, 0.2) is 16.6 Å². The Kier molecular flexibility index (Phi) is 8.55. The third-order valence-electron chi connectivity index (χ3n) is 5.43. The highest BCUT2D eigenvalue weighted by Crippen LogP contribution is 2.32. The van der Waals surface area contributed by atoms with Gasteiger partial charge in [0.25, 0.3) is 0 Å². The number of fused-ring (bicyclic) bond motifs is 1. The van der Waals surface area contributed by atoms with E-state index in [1.807, 2.05) is 43.3 Å². The molecule has 1 N–H and O–H groups in total. The van der Waals surface area contributed by atoms with Crippen molar-refractivity contribution < 1.29 is 17.5 Å². The minimum atomic E-state index is -2.50. The predicted octanol–water partition coefficient (Wildman–Crippen LogP) is 6.86. The van der Waals surface area contributed by atoms with E-state index in [1.54, 1.807) is 0 Å². The maximum atomic E-state index is 11.2. The van der Waals surface area contributed by atoms with Crippen molar-refractivity contribution in [3.8, 4) is 11.4 Å². The van der Waals surface area contributed by atoms with Crippen LogP contribution >= 0.6 is 0 Å². The summed E-state index contributed by atoms with van der Waals surface area (Å²) in [4.78, 5) is 1.54. The lowest BCUT2D eigenvalue weighted by molar-refractivity contribution is 0.322. The second-order valence-corrected chi connectivity index (χ2v) is 28.7. The van der Waals surface area contributed by atoms with Gasteiger partial charge in [-0.25, -0.2) is 0 Å². The second-order valence-electron chi connectivity index (χ2n) is 12.2. The molecule has 36 heavy (non-hydrogen) atoms. The minimum Gasteiger partial charge on any atom is -0.505 e. The highest BCUT2D eigenvalue weighted by Gasteiger charge is 2.44. The summed E-state index contributed by atoms with van der Waals surface area (Å²) in [7, 11) is -8.39. The van der Waals surface area contributed by atoms with Crippen molar-refractivity contribution in [1.82, 2.24) is 15.0 Å². The third-order valence-corrected chi connectivity index (χ3v) is 19.0. The number of aryl methyl sites for hydroxylation is 2. The van der Waals surface area contributed by atoms with Crippen molar-refractivity contribution in [2.24, 2.45) is 0 Å². The molecule has 0 aliphatic carbocycles. The molecular formula is C25H43N3O4Si4. The molecule has 1 heterocycles. The molecule has 3 aromatic rings. The van der Waals surface area contributed by atoms with Gasteiger partial charge in [-0.15, -0.1) is 15.0 Å². The van der Waals surface area contributed by atoms with E-state index in [2.05, 4.69) is 69.1 Å². The van der Waals surface area contributed by atoms with Crippen LogP contribution in [0.15, 0.2) is 36.4 Å². The van der Waals surface area contributed by atoms with Crippen LogP contribution in [0.1, 0.15) is 17.5 Å². The van der Waals surface area contributed by atoms with Gasteiger partial charge in [-0.05, 0) is 114 Å². The fourth-order valence-corrected chi connectivity index (χ4v) is 22.8. The summed E-state index contributed by atoms with van der Waals surface area (Å²) in [6.45, 7) is 21.8. The van der Waals surface area contributed by atoms with Crippen molar-refractivity contribution in [2.75, 3.05) is 0 Å². The quantitative estimate of drug-likeness (QED) is 0.258. The molecule has 0 aliphatic heterocycles. The maximum Gasteiger partial charge on any atom is 0.315 e. The number of hydrogen-bond acceptors (Lipinski definition) is 6. The Labute approximate surface area is 220 Å². The van der Waals surface area contributed by atoms with Crippen LogP contribution in [0, 0.1) is 6.92 Å². The molecule has 0 fully saturated rings. The molecular weight excluding hydrogens is 519 g/mol. The summed E-state index contributed by atoms with van der Waals surface area (Å²) in [6, 6.07) is 12.5. The number of phenols is 1. The van der Waals surface area contributed by atoms with Gasteiger partial charge in [-0.3, -0.25) is 0 Å². The molecule has 0 saturated carbocycles. The van der Waals surface area contributed by atoms with Gasteiger partial charge in [0.05, 0.1) is 0 Å². The van der Waals surface area contributed by atoms with Crippen molar-refractivity contribution in [3.05, 3.63) is 47.5 Å². The number of benzene rings is 2. The van der Waals surface area contributed by atoms with E-state index in [0.717, 1.165) is 41.0 Å². The molecule has 3 rings (SSSR count). The molecule has 0 bridgehead atoms. The summed E-state index contributed by atoms with van der Waals surface area (Å²) in [5, 5.41) is 20.3. The molecule has 0 spiro atoms. The van der Waals surface area contributed by atoms with Crippen molar-refractivity contribution in [2.45, 2.75) is 84.7 Å². The smallest absolute Gasteiger partial charge is 0.315 e. The zero-order chi connectivity index (χ0) is 26.9. The largest absolute Gasteiger partial charge is 0.505 e.